The molecule has 154 valence electrons. The number of allylic oxidation sites excluding steroid dienone is 4. The lowest BCUT2D eigenvalue weighted by Crippen LogP contribution is -2.19. The molecule has 2 saturated carbocycles. The van der Waals surface area contributed by atoms with Crippen molar-refractivity contribution >= 4 is 0 Å². The van der Waals surface area contributed by atoms with Crippen LogP contribution in [0.25, 0.3) is 0 Å². The maximum Gasteiger partial charge on any atom is -0.0195 e. The molecule has 3 aliphatic carbocycles. The maximum atomic E-state index is 2.63. The quantitative estimate of drug-likeness (QED) is 0.435. The zero-order valence-electron chi connectivity index (χ0n) is 18.8. The van der Waals surface area contributed by atoms with Gasteiger partial charge in [0.15, 0.2) is 0 Å². The fraction of sp³-hybridized carbons (Fsp3) is 0.852. The first kappa shape index (κ1) is 21.2. The first-order valence-electron chi connectivity index (χ1n) is 12.5. The number of fused-ring (bicyclic) bond motifs is 1. The average molecular weight is 371 g/mol. The van der Waals surface area contributed by atoms with Crippen molar-refractivity contribution in [3.8, 4) is 0 Å². The highest BCUT2D eigenvalue weighted by molar-refractivity contribution is 5.10. The summed E-state index contributed by atoms with van der Waals surface area (Å²) in [4.78, 5) is 0. The molecule has 2 fully saturated rings. The van der Waals surface area contributed by atoms with Gasteiger partial charge in [-0.05, 0) is 99.7 Å². The third kappa shape index (κ3) is 5.51. The van der Waals surface area contributed by atoms with Crippen LogP contribution in [0.5, 0.6) is 0 Å². The van der Waals surface area contributed by atoms with Crippen molar-refractivity contribution in [2.75, 3.05) is 0 Å². The van der Waals surface area contributed by atoms with Gasteiger partial charge in [-0.2, -0.15) is 0 Å². The first-order chi connectivity index (χ1) is 13.1. The molecule has 0 heterocycles. The molecular weight excluding hydrogens is 324 g/mol. The van der Waals surface area contributed by atoms with E-state index in [2.05, 4.69) is 45.9 Å². The summed E-state index contributed by atoms with van der Waals surface area (Å²) < 4.78 is 0. The Morgan fingerprint density at radius 3 is 2.37 bits per heavy atom. The van der Waals surface area contributed by atoms with Crippen LogP contribution in [0.4, 0.5) is 0 Å². The van der Waals surface area contributed by atoms with Gasteiger partial charge in [0.2, 0.25) is 0 Å². The zero-order chi connectivity index (χ0) is 19.2. The van der Waals surface area contributed by atoms with E-state index in [1.165, 1.54) is 77.0 Å². The lowest BCUT2D eigenvalue weighted by Gasteiger charge is -2.29. The number of hydrogen-bond acceptors (Lipinski definition) is 0. The van der Waals surface area contributed by atoms with E-state index in [0.717, 1.165) is 41.4 Å². The molecule has 0 bridgehead atoms. The van der Waals surface area contributed by atoms with E-state index < -0.39 is 0 Å². The van der Waals surface area contributed by atoms with Crippen molar-refractivity contribution < 1.29 is 0 Å². The molecule has 0 aliphatic heterocycles. The Morgan fingerprint density at radius 1 is 0.926 bits per heavy atom. The molecule has 0 N–H and O–H groups in total. The Morgan fingerprint density at radius 2 is 1.67 bits per heavy atom. The maximum absolute atomic E-state index is 2.63. The predicted octanol–water partition coefficient (Wildman–Crippen LogP) is 8.58. The van der Waals surface area contributed by atoms with Gasteiger partial charge in [0.05, 0.1) is 0 Å². The predicted molar refractivity (Wildman–Crippen MR) is 120 cm³/mol. The monoisotopic (exact) mass is 370 g/mol. The highest BCUT2D eigenvalue weighted by atomic mass is 14.4. The van der Waals surface area contributed by atoms with Crippen LogP contribution < -0.4 is 0 Å². The van der Waals surface area contributed by atoms with Crippen molar-refractivity contribution in [1.82, 2.24) is 0 Å². The first-order valence-corrected chi connectivity index (χ1v) is 12.5. The second-order valence-corrected chi connectivity index (χ2v) is 10.3. The molecule has 0 aromatic carbocycles. The minimum absolute atomic E-state index is 0.827. The SMILES string of the molecule is CC=C1CCC2CCC(C)CCC2CC1CC1C=CCC(CC)C(CC)C1. The molecule has 0 amide bonds. The highest BCUT2D eigenvalue weighted by Gasteiger charge is 2.34. The Hall–Kier alpha value is -0.520. The standard InChI is InChI=1S/C27H46/c1-5-22-10-8-9-21(17-24(22)7-3)18-27-19-26-14-12-20(4)11-13-25(26)16-15-23(27)6-2/h6,8-9,20-22,24-27H,5,7,10-19H2,1-4H3. The van der Waals surface area contributed by atoms with Gasteiger partial charge in [0, 0.05) is 0 Å². The van der Waals surface area contributed by atoms with Gasteiger partial charge in [0.25, 0.3) is 0 Å². The molecule has 0 saturated heterocycles. The molecule has 3 aliphatic rings. The van der Waals surface area contributed by atoms with E-state index in [9.17, 15) is 0 Å². The molecule has 0 nitrogen and oxygen atoms in total. The van der Waals surface area contributed by atoms with E-state index in [1.54, 1.807) is 0 Å². The third-order valence-electron chi connectivity index (χ3n) is 8.77. The zero-order valence-corrected chi connectivity index (χ0v) is 18.8. The molecule has 0 radical (unpaired) electrons. The Balaban J connectivity index is 1.69. The summed E-state index contributed by atoms with van der Waals surface area (Å²) in [6.07, 6.45) is 25.0. The minimum atomic E-state index is 0.827. The van der Waals surface area contributed by atoms with E-state index in [4.69, 9.17) is 0 Å². The fourth-order valence-electron chi connectivity index (χ4n) is 6.84. The normalized spacial score (nSPS) is 42.2. The van der Waals surface area contributed by atoms with Crippen molar-refractivity contribution in [3.05, 3.63) is 23.8 Å². The van der Waals surface area contributed by atoms with Gasteiger partial charge in [-0.15, -0.1) is 0 Å². The van der Waals surface area contributed by atoms with Gasteiger partial charge in [0.1, 0.15) is 0 Å². The topological polar surface area (TPSA) is 0 Å². The van der Waals surface area contributed by atoms with Crippen LogP contribution in [0.3, 0.4) is 0 Å². The van der Waals surface area contributed by atoms with Gasteiger partial charge >= 0.3 is 0 Å². The molecular formula is C27H46. The van der Waals surface area contributed by atoms with Crippen molar-refractivity contribution in [2.24, 2.45) is 41.4 Å². The summed E-state index contributed by atoms with van der Waals surface area (Å²) in [5.41, 5.74) is 1.81. The number of rotatable bonds is 4. The lowest BCUT2D eigenvalue weighted by molar-refractivity contribution is 0.242. The molecule has 0 spiro atoms. The highest BCUT2D eigenvalue weighted by Crippen LogP contribution is 2.46. The largest absolute Gasteiger partial charge is 0.0882 e. The van der Waals surface area contributed by atoms with Crippen LogP contribution in [0.2, 0.25) is 0 Å². The summed E-state index contributed by atoms with van der Waals surface area (Å²) in [5, 5.41) is 0. The second kappa shape index (κ2) is 10.3. The van der Waals surface area contributed by atoms with Crippen molar-refractivity contribution in [1.29, 1.82) is 0 Å². The second-order valence-electron chi connectivity index (χ2n) is 10.3. The van der Waals surface area contributed by atoms with Crippen molar-refractivity contribution in [3.63, 3.8) is 0 Å². The molecule has 3 rings (SSSR count). The smallest absolute Gasteiger partial charge is 0.0195 e. The summed E-state index contributed by atoms with van der Waals surface area (Å²) in [6, 6.07) is 0. The molecule has 0 aromatic heterocycles. The molecule has 7 atom stereocenters. The third-order valence-corrected chi connectivity index (χ3v) is 8.77. The Kier molecular flexibility index (Phi) is 8.10. The number of hydrogen-bond donors (Lipinski definition) is 0. The molecule has 7 unspecified atom stereocenters. The van der Waals surface area contributed by atoms with E-state index >= 15 is 0 Å². The van der Waals surface area contributed by atoms with Crippen LogP contribution in [0, 0.1) is 41.4 Å². The van der Waals surface area contributed by atoms with Crippen LogP contribution in [-0.2, 0) is 0 Å². The van der Waals surface area contributed by atoms with Crippen LogP contribution >= 0.6 is 0 Å². The minimum Gasteiger partial charge on any atom is -0.0882 e. The van der Waals surface area contributed by atoms with Crippen LogP contribution in [0.1, 0.15) is 105 Å². The van der Waals surface area contributed by atoms with Crippen LogP contribution in [-0.4, -0.2) is 0 Å². The van der Waals surface area contributed by atoms with Gasteiger partial charge < -0.3 is 0 Å². The molecule has 0 heteroatoms. The van der Waals surface area contributed by atoms with Crippen LogP contribution in [0.15, 0.2) is 23.8 Å². The van der Waals surface area contributed by atoms with Gasteiger partial charge in [-0.25, -0.2) is 0 Å². The lowest BCUT2D eigenvalue weighted by atomic mass is 9.76. The van der Waals surface area contributed by atoms with Gasteiger partial charge in [-0.1, -0.05) is 70.3 Å². The summed E-state index contributed by atoms with van der Waals surface area (Å²) >= 11 is 0. The summed E-state index contributed by atoms with van der Waals surface area (Å²) in [6.45, 7) is 9.63. The Bertz CT molecular complexity index is 498. The van der Waals surface area contributed by atoms with Gasteiger partial charge in [-0.3, -0.25) is 0 Å². The van der Waals surface area contributed by atoms with E-state index in [1.807, 2.05) is 5.57 Å². The van der Waals surface area contributed by atoms with Crippen molar-refractivity contribution in [2.45, 2.75) is 105 Å². The Labute approximate surface area is 170 Å². The summed E-state index contributed by atoms with van der Waals surface area (Å²) in [7, 11) is 0. The van der Waals surface area contributed by atoms with E-state index in [-0.39, 0.29) is 0 Å². The fourth-order valence-corrected chi connectivity index (χ4v) is 6.84. The molecule has 27 heavy (non-hydrogen) atoms. The average Bonchev–Trinajstić information content (AvgIpc) is 3.05. The summed E-state index contributed by atoms with van der Waals surface area (Å²) in [5.74, 6) is 6.57. The van der Waals surface area contributed by atoms with E-state index in [0.29, 0.717) is 0 Å². The molecule has 0 aromatic rings.